The number of fused-ring (bicyclic) bond motifs is 1. The topological polar surface area (TPSA) is 125 Å². The number of alkyl carbamates (subject to hydrolysis) is 1. The lowest BCUT2D eigenvalue weighted by atomic mass is 10.0. The molecule has 0 aromatic heterocycles. The number of ether oxygens (including phenoxy) is 5. The van der Waals surface area contributed by atoms with Gasteiger partial charge in [-0.15, -0.1) is 0 Å². The molecule has 1 atom stereocenters. The van der Waals surface area contributed by atoms with Crippen LogP contribution in [0.4, 0.5) is 4.79 Å². The first kappa shape index (κ1) is 35.1. The summed E-state index contributed by atoms with van der Waals surface area (Å²) in [7, 11) is 0. The van der Waals surface area contributed by atoms with Gasteiger partial charge in [-0.2, -0.15) is 0 Å². The van der Waals surface area contributed by atoms with Crippen LogP contribution in [0, 0.1) is 5.92 Å². The lowest BCUT2D eigenvalue weighted by Gasteiger charge is -2.24. The van der Waals surface area contributed by atoms with Crippen molar-refractivity contribution >= 4 is 17.9 Å². The average Bonchev–Trinajstić information content (AvgIpc) is 2.92. The van der Waals surface area contributed by atoms with E-state index in [-0.39, 0.29) is 17.7 Å². The molecule has 1 heterocycles. The third-order valence-electron chi connectivity index (χ3n) is 6.26. The number of nitrogens with one attached hydrogen (secondary N) is 2. The average molecular weight is 594 g/mol. The Morgan fingerprint density at radius 1 is 0.881 bits per heavy atom. The van der Waals surface area contributed by atoms with E-state index in [1.165, 1.54) is 0 Å². The molecule has 1 aliphatic heterocycles. The number of carbonyl (C=O) groups is 3. The first-order valence-corrected chi connectivity index (χ1v) is 15.1. The Morgan fingerprint density at radius 2 is 1.48 bits per heavy atom. The Hall–Kier alpha value is -3.05. The lowest BCUT2D eigenvalue weighted by molar-refractivity contribution is -0.133. The minimum Gasteiger partial charge on any atom is -0.487 e. The molecule has 42 heavy (non-hydrogen) atoms. The van der Waals surface area contributed by atoms with Crippen LogP contribution in [0.5, 0.6) is 11.5 Å². The summed E-state index contributed by atoms with van der Waals surface area (Å²) in [6.07, 6.45) is 2.54. The van der Waals surface area contributed by atoms with Gasteiger partial charge in [0.2, 0.25) is 11.8 Å². The van der Waals surface area contributed by atoms with Crippen molar-refractivity contribution in [3.63, 3.8) is 0 Å². The molecule has 0 spiro atoms. The molecular weight excluding hydrogens is 542 g/mol. The summed E-state index contributed by atoms with van der Waals surface area (Å²) in [6.45, 7) is 13.2. The highest BCUT2D eigenvalue weighted by Crippen LogP contribution is 2.26. The Labute approximate surface area is 250 Å². The van der Waals surface area contributed by atoms with Crippen LogP contribution in [0.3, 0.4) is 0 Å². The standard InChI is InChI=1S/C31H51N3O8/c1-24(2)23-25(33-30(37)42-31(3,4)5)29(36)32-14-10-6-7-13-28(35)34-15-17-38-19-21-40-26-11-8-9-12-27(26)41-22-20-39-18-16-34/h8-9,11-12,24-25H,6-7,10,13-23H2,1-5H3,(H,32,36)(H,33,37)/t25-/m0/s1. The summed E-state index contributed by atoms with van der Waals surface area (Å²) in [5.74, 6) is 1.38. The van der Waals surface area contributed by atoms with Crippen molar-refractivity contribution in [3.05, 3.63) is 24.3 Å². The third kappa shape index (κ3) is 15.3. The van der Waals surface area contributed by atoms with Crippen molar-refractivity contribution in [3.8, 4) is 11.5 Å². The number of hydrogen-bond donors (Lipinski definition) is 2. The van der Waals surface area contributed by atoms with Gasteiger partial charge in [0.25, 0.3) is 0 Å². The molecular formula is C31H51N3O8. The molecule has 0 radical (unpaired) electrons. The Bertz CT molecular complexity index is 915. The highest BCUT2D eigenvalue weighted by atomic mass is 16.6. The quantitative estimate of drug-likeness (QED) is 0.391. The Kier molecular flexibility index (Phi) is 16.1. The molecule has 0 aliphatic carbocycles. The van der Waals surface area contributed by atoms with Crippen LogP contribution in [0.1, 0.15) is 66.7 Å². The molecule has 1 aromatic carbocycles. The predicted molar refractivity (Wildman–Crippen MR) is 160 cm³/mol. The second-order valence-electron chi connectivity index (χ2n) is 11.7. The molecule has 1 aliphatic rings. The molecule has 238 valence electrons. The first-order valence-electron chi connectivity index (χ1n) is 15.1. The zero-order valence-corrected chi connectivity index (χ0v) is 26.1. The lowest BCUT2D eigenvalue weighted by Crippen LogP contribution is -2.49. The minimum absolute atomic E-state index is 0.0500. The van der Waals surface area contributed by atoms with Gasteiger partial charge in [0.05, 0.1) is 26.4 Å². The van der Waals surface area contributed by atoms with E-state index in [0.717, 1.165) is 12.8 Å². The molecule has 0 bridgehead atoms. The van der Waals surface area contributed by atoms with E-state index >= 15 is 0 Å². The number of carbonyl (C=O) groups excluding carboxylic acids is 3. The van der Waals surface area contributed by atoms with Crippen LogP contribution < -0.4 is 20.1 Å². The van der Waals surface area contributed by atoms with Crippen molar-refractivity contribution in [2.45, 2.75) is 78.4 Å². The van der Waals surface area contributed by atoms with E-state index in [9.17, 15) is 14.4 Å². The smallest absolute Gasteiger partial charge is 0.408 e. The fraction of sp³-hybridized carbons (Fsp3) is 0.710. The fourth-order valence-electron chi connectivity index (χ4n) is 4.25. The summed E-state index contributed by atoms with van der Waals surface area (Å²) in [5.41, 5.74) is -0.639. The van der Waals surface area contributed by atoms with E-state index < -0.39 is 17.7 Å². The Balaban J connectivity index is 1.70. The van der Waals surface area contributed by atoms with Crippen LogP contribution in [0.25, 0.3) is 0 Å². The van der Waals surface area contributed by atoms with Crippen molar-refractivity contribution < 1.29 is 38.1 Å². The van der Waals surface area contributed by atoms with Crippen molar-refractivity contribution in [1.82, 2.24) is 15.5 Å². The normalized spacial score (nSPS) is 16.1. The molecule has 0 saturated heterocycles. The molecule has 0 unspecified atom stereocenters. The van der Waals surface area contributed by atoms with E-state index in [2.05, 4.69) is 10.6 Å². The second kappa shape index (κ2) is 19.2. The van der Waals surface area contributed by atoms with Gasteiger partial charge in [0, 0.05) is 26.1 Å². The van der Waals surface area contributed by atoms with Gasteiger partial charge in [-0.1, -0.05) is 32.4 Å². The maximum absolute atomic E-state index is 12.9. The number of unbranched alkanes of at least 4 members (excludes halogenated alkanes) is 2. The zero-order valence-electron chi connectivity index (χ0n) is 26.1. The molecule has 11 nitrogen and oxygen atoms in total. The van der Waals surface area contributed by atoms with Crippen molar-refractivity contribution in [2.24, 2.45) is 5.92 Å². The van der Waals surface area contributed by atoms with Gasteiger partial charge in [-0.3, -0.25) is 9.59 Å². The highest BCUT2D eigenvalue weighted by molar-refractivity contribution is 5.85. The minimum atomic E-state index is -0.661. The van der Waals surface area contributed by atoms with E-state index in [4.69, 9.17) is 23.7 Å². The molecule has 0 fully saturated rings. The first-order chi connectivity index (χ1) is 20.0. The number of amides is 3. The SMILES string of the molecule is CC(C)C[C@H](NC(=O)OC(C)(C)C)C(=O)NCCCCCC(=O)N1CCOCCOc2ccccc2OCCOCC1. The summed E-state index contributed by atoms with van der Waals surface area (Å²) >= 11 is 0. The van der Waals surface area contributed by atoms with E-state index in [1.54, 1.807) is 25.7 Å². The fourth-order valence-corrected chi connectivity index (χ4v) is 4.25. The maximum atomic E-state index is 12.9. The summed E-state index contributed by atoms with van der Waals surface area (Å²) in [6, 6.07) is 6.84. The summed E-state index contributed by atoms with van der Waals surface area (Å²) in [4.78, 5) is 39.6. The molecule has 0 saturated carbocycles. The molecule has 2 rings (SSSR count). The van der Waals surface area contributed by atoms with Gasteiger partial charge >= 0.3 is 6.09 Å². The van der Waals surface area contributed by atoms with E-state index in [1.807, 2.05) is 38.1 Å². The van der Waals surface area contributed by atoms with Crippen LogP contribution >= 0.6 is 0 Å². The molecule has 1 aromatic rings. The van der Waals surface area contributed by atoms with Gasteiger partial charge in [0.15, 0.2) is 11.5 Å². The van der Waals surface area contributed by atoms with Crippen molar-refractivity contribution in [1.29, 1.82) is 0 Å². The number of hydrogen-bond acceptors (Lipinski definition) is 8. The Morgan fingerprint density at radius 3 is 2.02 bits per heavy atom. The predicted octanol–water partition coefficient (Wildman–Crippen LogP) is 3.94. The molecule has 2 N–H and O–H groups in total. The largest absolute Gasteiger partial charge is 0.487 e. The van der Waals surface area contributed by atoms with Crippen LogP contribution in [-0.4, -0.2) is 93.7 Å². The zero-order chi connectivity index (χ0) is 30.8. The van der Waals surface area contributed by atoms with Crippen LogP contribution in [0.2, 0.25) is 0 Å². The highest BCUT2D eigenvalue weighted by Gasteiger charge is 2.25. The molecule has 11 heteroatoms. The van der Waals surface area contributed by atoms with Gasteiger partial charge in [-0.05, 0) is 58.1 Å². The van der Waals surface area contributed by atoms with Crippen molar-refractivity contribution in [2.75, 3.05) is 59.3 Å². The number of nitrogens with zero attached hydrogens (tertiary/aromatic N) is 1. The number of rotatable bonds is 10. The summed E-state index contributed by atoms with van der Waals surface area (Å²) in [5, 5.41) is 5.60. The van der Waals surface area contributed by atoms with Gasteiger partial charge < -0.3 is 39.2 Å². The monoisotopic (exact) mass is 593 g/mol. The number of para-hydroxylation sites is 2. The van der Waals surface area contributed by atoms with Crippen LogP contribution in [-0.2, 0) is 23.8 Å². The second-order valence-corrected chi connectivity index (χ2v) is 11.7. The number of benzene rings is 1. The maximum Gasteiger partial charge on any atom is 0.408 e. The third-order valence-corrected chi connectivity index (χ3v) is 6.26. The van der Waals surface area contributed by atoms with Crippen LogP contribution in [0.15, 0.2) is 24.3 Å². The van der Waals surface area contributed by atoms with Gasteiger partial charge in [-0.25, -0.2) is 4.79 Å². The molecule has 3 amide bonds. The van der Waals surface area contributed by atoms with Gasteiger partial charge in [0.1, 0.15) is 24.9 Å². The van der Waals surface area contributed by atoms with E-state index in [0.29, 0.717) is 90.0 Å². The summed E-state index contributed by atoms with van der Waals surface area (Å²) < 4.78 is 28.3.